The minimum atomic E-state index is 0.00519. The first-order valence-corrected chi connectivity index (χ1v) is 5.16. The van der Waals surface area contributed by atoms with Crippen LogP contribution in [0, 0.1) is 5.92 Å². The van der Waals surface area contributed by atoms with Crippen molar-refractivity contribution in [2.75, 3.05) is 19.8 Å². The van der Waals surface area contributed by atoms with E-state index in [0.29, 0.717) is 19.0 Å². The molecule has 1 aromatic rings. The molecular weight excluding hydrogens is 194 g/mol. The molecule has 5 nitrogen and oxygen atoms in total. The van der Waals surface area contributed by atoms with Gasteiger partial charge in [-0.3, -0.25) is 9.48 Å². The Labute approximate surface area is 88.4 Å². The maximum absolute atomic E-state index is 11.5. The number of nitrogens with one attached hydrogen (secondary N) is 1. The summed E-state index contributed by atoms with van der Waals surface area (Å²) in [5.41, 5.74) is 0. The lowest BCUT2D eigenvalue weighted by molar-refractivity contribution is -0.122. The first kappa shape index (κ1) is 10.2. The number of nitrogens with zero attached hydrogens (tertiary/aromatic N) is 2. The fourth-order valence-corrected chi connectivity index (χ4v) is 1.60. The Hall–Kier alpha value is -1.36. The predicted octanol–water partition coefficient (Wildman–Crippen LogP) is 0.0358. The van der Waals surface area contributed by atoms with Gasteiger partial charge in [-0.2, -0.15) is 5.10 Å². The molecule has 2 rings (SSSR count). The largest absolute Gasteiger partial charge is 0.381 e. The van der Waals surface area contributed by atoms with Crippen LogP contribution in [0.2, 0.25) is 0 Å². The SMILES string of the molecule is O=C(Cn1cccn1)NCC1CCOC1. The minimum absolute atomic E-state index is 0.00519. The zero-order valence-electron chi connectivity index (χ0n) is 8.56. The van der Waals surface area contributed by atoms with Crippen LogP contribution in [0.15, 0.2) is 18.5 Å². The summed E-state index contributed by atoms with van der Waals surface area (Å²) in [6, 6.07) is 1.80. The summed E-state index contributed by atoms with van der Waals surface area (Å²) in [6.07, 6.45) is 4.48. The van der Waals surface area contributed by atoms with Crippen LogP contribution in [0.5, 0.6) is 0 Å². The third-order valence-electron chi connectivity index (χ3n) is 2.48. The van der Waals surface area contributed by atoms with Crippen molar-refractivity contribution in [2.24, 2.45) is 5.92 Å². The van der Waals surface area contributed by atoms with E-state index in [1.54, 1.807) is 23.1 Å². The number of carbonyl (C=O) groups is 1. The van der Waals surface area contributed by atoms with Crippen molar-refractivity contribution in [1.29, 1.82) is 0 Å². The summed E-state index contributed by atoms with van der Waals surface area (Å²) in [5.74, 6) is 0.483. The summed E-state index contributed by atoms with van der Waals surface area (Å²) < 4.78 is 6.84. The molecular formula is C10H15N3O2. The third kappa shape index (κ3) is 3.06. The van der Waals surface area contributed by atoms with Crippen LogP contribution < -0.4 is 5.32 Å². The Balaban J connectivity index is 1.68. The summed E-state index contributed by atoms with van der Waals surface area (Å²) in [6.45, 7) is 2.59. The Bertz CT molecular complexity index is 304. The van der Waals surface area contributed by atoms with Crippen LogP contribution in [0.25, 0.3) is 0 Å². The first-order chi connectivity index (χ1) is 7.34. The monoisotopic (exact) mass is 209 g/mol. The zero-order chi connectivity index (χ0) is 10.5. The van der Waals surface area contributed by atoms with Crippen LogP contribution in [-0.4, -0.2) is 35.4 Å². The lowest BCUT2D eigenvalue weighted by Crippen LogP contribution is -2.32. The molecule has 0 saturated carbocycles. The van der Waals surface area contributed by atoms with Gasteiger partial charge in [0.25, 0.3) is 0 Å². The Morgan fingerprint density at radius 1 is 1.67 bits per heavy atom. The Morgan fingerprint density at radius 3 is 3.27 bits per heavy atom. The highest BCUT2D eigenvalue weighted by molar-refractivity contribution is 5.75. The Morgan fingerprint density at radius 2 is 2.60 bits per heavy atom. The van der Waals surface area contributed by atoms with Crippen LogP contribution in [0.3, 0.4) is 0 Å². The summed E-state index contributed by atoms with van der Waals surface area (Å²) in [5, 5.41) is 6.85. The molecule has 0 radical (unpaired) electrons. The topological polar surface area (TPSA) is 56.2 Å². The highest BCUT2D eigenvalue weighted by Crippen LogP contribution is 2.10. The van der Waals surface area contributed by atoms with Crippen molar-refractivity contribution < 1.29 is 9.53 Å². The van der Waals surface area contributed by atoms with E-state index >= 15 is 0 Å². The summed E-state index contributed by atoms with van der Waals surface area (Å²) >= 11 is 0. The molecule has 1 atom stereocenters. The second kappa shape index (κ2) is 4.93. The van der Waals surface area contributed by atoms with Gasteiger partial charge in [-0.1, -0.05) is 0 Å². The number of carbonyl (C=O) groups excluding carboxylic acids is 1. The molecule has 0 aliphatic carbocycles. The fourth-order valence-electron chi connectivity index (χ4n) is 1.60. The predicted molar refractivity (Wildman–Crippen MR) is 54.2 cm³/mol. The normalized spacial score (nSPS) is 20.4. The second-order valence-electron chi connectivity index (χ2n) is 3.74. The maximum Gasteiger partial charge on any atom is 0.241 e. The molecule has 1 aliphatic rings. The van der Waals surface area contributed by atoms with Gasteiger partial charge < -0.3 is 10.1 Å². The molecule has 1 unspecified atom stereocenters. The van der Waals surface area contributed by atoms with Crippen molar-refractivity contribution in [2.45, 2.75) is 13.0 Å². The fraction of sp³-hybridized carbons (Fsp3) is 0.600. The molecule has 1 saturated heterocycles. The van der Waals surface area contributed by atoms with Crippen molar-refractivity contribution in [3.8, 4) is 0 Å². The van der Waals surface area contributed by atoms with E-state index in [0.717, 1.165) is 19.6 Å². The van der Waals surface area contributed by atoms with E-state index < -0.39 is 0 Å². The maximum atomic E-state index is 11.5. The van der Waals surface area contributed by atoms with Crippen molar-refractivity contribution >= 4 is 5.91 Å². The molecule has 2 heterocycles. The Kier molecular flexibility index (Phi) is 3.34. The molecule has 1 N–H and O–H groups in total. The number of rotatable bonds is 4. The molecule has 1 amide bonds. The van der Waals surface area contributed by atoms with E-state index in [4.69, 9.17) is 4.74 Å². The number of aromatic nitrogens is 2. The van der Waals surface area contributed by atoms with Crippen molar-refractivity contribution in [3.63, 3.8) is 0 Å². The highest BCUT2D eigenvalue weighted by atomic mass is 16.5. The van der Waals surface area contributed by atoms with Gasteiger partial charge in [0.1, 0.15) is 6.54 Å². The van der Waals surface area contributed by atoms with Crippen LogP contribution in [0.1, 0.15) is 6.42 Å². The minimum Gasteiger partial charge on any atom is -0.381 e. The second-order valence-corrected chi connectivity index (χ2v) is 3.74. The summed E-state index contributed by atoms with van der Waals surface area (Å²) in [4.78, 5) is 11.5. The van der Waals surface area contributed by atoms with Gasteiger partial charge in [-0.15, -0.1) is 0 Å². The standard InChI is InChI=1S/C10H15N3O2/c14-10(7-13-4-1-3-12-13)11-6-9-2-5-15-8-9/h1,3-4,9H,2,5-8H2,(H,11,14). The molecule has 82 valence electrons. The number of amides is 1. The first-order valence-electron chi connectivity index (χ1n) is 5.16. The molecule has 1 aliphatic heterocycles. The highest BCUT2D eigenvalue weighted by Gasteiger charge is 2.16. The van der Waals surface area contributed by atoms with Gasteiger partial charge >= 0.3 is 0 Å². The van der Waals surface area contributed by atoms with Crippen LogP contribution >= 0.6 is 0 Å². The van der Waals surface area contributed by atoms with E-state index in [9.17, 15) is 4.79 Å². The van der Waals surface area contributed by atoms with E-state index in [2.05, 4.69) is 10.4 Å². The molecule has 0 bridgehead atoms. The lowest BCUT2D eigenvalue weighted by atomic mass is 10.1. The van der Waals surface area contributed by atoms with Gasteiger partial charge in [0.2, 0.25) is 5.91 Å². The molecule has 1 aromatic heterocycles. The molecule has 1 fully saturated rings. The van der Waals surface area contributed by atoms with Gasteiger partial charge in [-0.25, -0.2) is 0 Å². The van der Waals surface area contributed by atoms with Gasteiger partial charge in [0.15, 0.2) is 0 Å². The number of hydrogen-bond acceptors (Lipinski definition) is 3. The summed E-state index contributed by atoms with van der Waals surface area (Å²) in [7, 11) is 0. The van der Waals surface area contributed by atoms with Gasteiger partial charge in [-0.05, 0) is 12.5 Å². The van der Waals surface area contributed by atoms with Crippen molar-refractivity contribution in [3.05, 3.63) is 18.5 Å². The van der Waals surface area contributed by atoms with E-state index in [-0.39, 0.29) is 5.91 Å². The average Bonchev–Trinajstić information content (AvgIpc) is 2.86. The molecule has 0 aromatic carbocycles. The third-order valence-corrected chi connectivity index (χ3v) is 2.48. The quantitative estimate of drug-likeness (QED) is 0.761. The van der Waals surface area contributed by atoms with E-state index in [1.165, 1.54) is 0 Å². The zero-order valence-corrected chi connectivity index (χ0v) is 8.56. The smallest absolute Gasteiger partial charge is 0.241 e. The van der Waals surface area contributed by atoms with Crippen LogP contribution in [-0.2, 0) is 16.1 Å². The van der Waals surface area contributed by atoms with E-state index in [1.807, 2.05) is 0 Å². The molecule has 15 heavy (non-hydrogen) atoms. The molecule has 0 spiro atoms. The number of ether oxygens (including phenoxy) is 1. The van der Waals surface area contributed by atoms with Gasteiger partial charge in [0.05, 0.1) is 6.61 Å². The molecule has 5 heteroatoms. The van der Waals surface area contributed by atoms with Crippen LogP contribution in [0.4, 0.5) is 0 Å². The lowest BCUT2D eigenvalue weighted by Gasteiger charge is -2.09. The van der Waals surface area contributed by atoms with Gasteiger partial charge in [0, 0.05) is 31.5 Å². The average molecular weight is 209 g/mol. The van der Waals surface area contributed by atoms with Crippen molar-refractivity contribution in [1.82, 2.24) is 15.1 Å². The number of hydrogen-bond donors (Lipinski definition) is 1.